The molecule has 0 aliphatic carbocycles. The SMILES string of the molecule is CCC(NCCNC(CS)C(=O)O)C(=O)O. The van der Waals surface area contributed by atoms with Crippen molar-refractivity contribution in [3.05, 3.63) is 0 Å². The Hall–Kier alpha value is -0.790. The Morgan fingerprint density at radius 3 is 1.88 bits per heavy atom. The molecule has 2 atom stereocenters. The van der Waals surface area contributed by atoms with Crippen LogP contribution in [0.1, 0.15) is 13.3 Å². The number of aliphatic carboxylic acids is 2. The van der Waals surface area contributed by atoms with E-state index in [9.17, 15) is 9.59 Å². The first-order valence-corrected chi connectivity index (χ1v) is 5.69. The zero-order valence-electron chi connectivity index (χ0n) is 9.14. The lowest BCUT2D eigenvalue weighted by Crippen LogP contribution is -2.44. The highest BCUT2D eigenvalue weighted by molar-refractivity contribution is 7.80. The number of nitrogens with one attached hydrogen (secondary N) is 2. The molecule has 0 saturated carbocycles. The van der Waals surface area contributed by atoms with Crippen molar-refractivity contribution in [1.82, 2.24) is 10.6 Å². The summed E-state index contributed by atoms with van der Waals surface area (Å²) in [6.45, 7) is 2.57. The highest BCUT2D eigenvalue weighted by Crippen LogP contribution is 1.90. The van der Waals surface area contributed by atoms with Crippen LogP contribution in [-0.2, 0) is 9.59 Å². The second kappa shape index (κ2) is 8.37. The van der Waals surface area contributed by atoms with E-state index in [0.29, 0.717) is 19.5 Å². The van der Waals surface area contributed by atoms with Crippen molar-refractivity contribution in [3.8, 4) is 0 Å². The second-order valence-electron chi connectivity index (χ2n) is 3.28. The molecule has 0 aromatic carbocycles. The van der Waals surface area contributed by atoms with Crippen LogP contribution in [-0.4, -0.2) is 53.1 Å². The van der Waals surface area contributed by atoms with E-state index in [4.69, 9.17) is 10.2 Å². The summed E-state index contributed by atoms with van der Waals surface area (Å²) in [5, 5.41) is 23.0. The van der Waals surface area contributed by atoms with Crippen molar-refractivity contribution < 1.29 is 19.8 Å². The number of rotatable bonds is 9. The van der Waals surface area contributed by atoms with Gasteiger partial charge in [-0.2, -0.15) is 12.6 Å². The molecule has 0 bridgehead atoms. The third kappa shape index (κ3) is 5.94. The summed E-state index contributed by atoms with van der Waals surface area (Å²) in [7, 11) is 0. The van der Waals surface area contributed by atoms with Crippen molar-refractivity contribution in [2.45, 2.75) is 25.4 Å². The van der Waals surface area contributed by atoms with Crippen LogP contribution in [0.25, 0.3) is 0 Å². The van der Waals surface area contributed by atoms with Crippen molar-refractivity contribution in [3.63, 3.8) is 0 Å². The van der Waals surface area contributed by atoms with Gasteiger partial charge in [-0.15, -0.1) is 0 Å². The number of hydrogen-bond acceptors (Lipinski definition) is 5. The molecule has 4 N–H and O–H groups in total. The molecule has 6 nitrogen and oxygen atoms in total. The second-order valence-corrected chi connectivity index (χ2v) is 3.65. The lowest BCUT2D eigenvalue weighted by molar-refractivity contribution is -0.140. The lowest BCUT2D eigenvalue weighted by atomic mass is 10.2. The molecule has 2 unspecified atom stereocenters. The van der Waals surface area contributed by atoms with Gasteiger partial charge in [-0.1, -0.05) is 6.92 Å². The maximum atomic E-state index is 10.6. The topological polar surface area (TPSA) is 98.7 Å². The van der Waals surface area contributed by atoms with Crippen molar-refractivity contribution >= 4 is 24.6 Å². The zero-order chi connectivity index (χ0) is 12.6. The molecular weight excluding hydrogens is 232 g/mol. The van der Waals surface area contributed by atoms with Gasteiger partial charge in [-0.3, -0.25) is 9.59 Å². The minimum absolute atomic E-state index is 0.200. The standard InChI is InChI=1S/C9H18N2O4S/c1-2-6(8(12)13)10-3-4-11-7(5-16)9(14)15/h6-7,10-11,16H,2-5H2,1H3,(H,12,13)(H,14,15). The molecule has 7 heteroatoms. The monoisotopic (exact) mass is 250 g/mol. The Balaban J connectivity index is 3.73. The van der Waals surface area contributed by atoms with Gasteiger partial charge in [-0.05, 0) is 6.42 Å². The molecule has 0 fully saturated rings. The molecule has 0 aromatic heterocycles. The number of thiol groups is 1. The summed E-state index contributed by atoms with van der Waals surface area (Å²) in [6, 6.07) is -1.28. The summed E-state index contributed by atoms with van der Waals surface area (Å²) < 4.78 is 0. The largest absolute Gasteiger partial charge is 0.480 e. The Labute approximate surface area is 99.8 Å². The van der Waals surface area contributed by atoms with Gasteiger partial charge < -0.3 is 20.8 Å². The lowest BCUT2D eigenvalue weighted by Gasteiger charge is -2.14. The van der Waals surface area contributed by atoms with E-state index < -0.39 is 24.0 Å². The molecule has 94 valence electrons. The smallest absolute Gasteiger partial charge is 0.321 e. The third-order valence-electron chi connectivity index (χ3n) is 2.09. The maximum absolute atomic E-state index is 10.6. The van der Waals surface area contributed by atoms with Crippen LogP contribution in [0.5, 0.6) is 0 Å². The third-order valence-corrected chi connectivity index (χ3v) is 2.46. The first-order valence-electron chi connectivity index (χ1n) is 5.06. The van der Waals surface area contributed by atoms with Crippen LogP contribution in [0.3, 0.4) is 0 Å². The summed E-state index contributed by atoms with van der Waals surface area (Å²) in [5.41, 5.74) is 0. The Bertz CT molecular complexity index is 214. The fraction of sp³-hybridized carbons (Fsp3) is 0.778. The molecule has 0 amide bonds. The predicted molar refractivity (Wildman–Crippen MR) is 63.0 cm³/mol. The fourth-order valence-electron chi connectivity index (χ4n) is 1.13. The van der Waals surface area contributed by atoms with Crippen LogP contribution in [0, 0.1) is 0 Å². The van der Waals surface area contributed by atoms with E-state index in [2.05, 4.69) is 23.3 Å². The highest BCUT2D eigenvalue weighted by atomic mass is 32.1. The van der Waals surface area contributed by atoms with E-state index in [0.717, 1.165) is 0 Å². The zero-order valence-corrected chi connectivity index (χ0v) is 10.0. The molecule has 0 saturated heterocycles. The van der Waals surface area contributed by atoms with Crippen LogP contribution in [0.15, 0.2) is 0 Å². The molecule has 0 aliphatic heterocycles. The van der Waals surface area contributed by atoms with E-state index in [-0.39, 0.29) is 5.75 Å². The normalized spacial score (nSPS) is 14.4. The summed E-state index contributed by atoms with van der Waals surface area (Å²) in [4.78, 5) is 21.2. The Kier molecular flexibility index (Phi) is 7.96. The van der Waals surface area contributed by atoms with Gasteiger partial charge in [0.1, 0.15) is 12.1 Å². The van der Waals surface area contributed by atoms with Gasteiger partial charge in [-0.25, -0.2) is 0 Å². The quantitative estimate of drug-likeness (QED) is 0.277. The van der Waals surface area contributed by atoms with Gasteiger partial charge in [0.25, 0.3) is 0 Å². The molecule has 0 aliphatic rings. The molecule has 0 rings (SSSR count). The van der Waals surface area contributed by atoms with Crippen LogP contribution >= 0.6 is 12.6 Å². The minimum Gasteiger partial charge on any atom is -0.480 e. The molecule has 0 heterocycles. The van der Waals surface area contributed by atoms with Gasteiger partial charge in [0.15, 0.2) is 0 Å². The first-order chi connectivity index (χ1) is 7.52. The van der Waals surface area contributed by atoms with Crippen LogP contribution in [0.4, 0.5) is 0 Å². The maximum Gasteiger partial charge on any atom is 0.321 e. The van der Waals surface area contributed by atoms with Crippen LogP contribution < -0.4 is 10.6 Å². The van der Waals surface area contributed by atoms with Crippen molar-refractivity contribution in [2.75, 3.05) is 18.8 Å². The van der Waals surface area contributed by atoms with E-state index >= 15 is 0 Å². The van der Waals surface area contributed by atoms with Gasteiger partial charge >= 0.3 is 11.9 Å². The number of carboxylic acid groups (broad SMARTS) is 2. The average molecular weight is 250 g/mol. The van der Waals surface area contributed by atoms with E-state index in [1.165, 1.54) is 0 Å². The summed E-state index contributed by atoms with van der Waals surface area (Å²) in [6.07, 6.45) is 0.490. The number of hydrogen-bond donors (Lipinski definition) is 5. The van der Waals surface area contributed by atoms with E-state index in [1.807, 2.05) is 0 Å². The minimum atomic E-state index is -0.958. The van der Waals surface area contributed by atoms with Crippen molar-refractivity contribution in [2.24, 2.45) is 0 Å². The molecular formula is C9H18N2O4S. The van der Waals surface area contributed by atoms with E-state index in [1.54, 1.807) is 6.92 Å². The van der Waals surface area contributed by atoms with Gasteiger partial charge in [0.05, 0.1) is 0 Å². The summed E-state index contributed by atoms with van der Waals surface area (Å²) in [5.74, 6) is -1.65. The first kappa shape index (κ1) is 15.2. The molecule has 0 spiro atoms. The van der Waals surface area contributed by atoms with Crippen LogP contribution in [0.2, 0.25) is 0 Å². The number of carboxylic acids is 2. The van der Waals surface area contributed by atoms with Gasteiger partial charge in [0.2, 0.25) is 0 Å². The average Bonchev–Trinajstić information content (AvgIpc) is 2.22. The molecule has 0 radical (unpaired) electrons. The fourth-order valence-corrected chi connectivity index (χ4v) is 1.41. The molecule has 0 aromatic rings. The molecule has 16 heavy (non-hydrogen) atoms. The highest BCUT2D eigenvalue weighted by Gasteiger charge is 2.15. The predicted octanol–water partition coefficient (Wildman–Crippen LogP) is -0.588. The summed E-state index contributed by atoms with van der Waals surface area (Å²) >= 11 is 3.89. The van der Waals surface area contributed by atoms with Crippen molar-refractivity contribution in [1.29, 1.82) is 0 Å². The Morgan fingerprint density at radius 2 is 1.56 bits per heavy atom. The Morgan fingerprint density at radius 1 is 1.12 bits per heavy atom. The number of carbonyl (C=O) groups is 2. The van der Waals surface area contributed by atoms with Gasteiger partial charge in [0, 0.05) is 18.8 Å².